The Morgan fingerprint density at radius 2 is 1.65 bits per heavy atom. The topological polar surface area (TPSA) is 43.6 Å². The number of pyridine rings is 1. The van der Waals surface area contributed by atoms with Crippen LogP contribution in [0.15, 0.2) is 79.0 Å². The lowest BCUT2D eigenvalue weighted by molar-refractivity contribution is -0.143. The van der Waals surface area contributed by atoms with Crippen LogP contribution in [0.1, 0.15) is 24.1 Å². The minimum absolute atomic E-state index is 0.258. The van der Waals surface area contributed by atoms with Gasteiger partial charge in [-0.05, 0) is 24.6 Å². The van der Waals surface area contributed by atoms with E-state index in [1.165, 1.54) is 5.19 Å². The maximum atomic E-state index is 13.3. The van der Waals surface area contributed by atoms with Gasteiger partial charge in [0.2, 0.25) is 0 Å². The molecule has 1 atom stereocenters. The van der Waals surface area contributed by atoms with Crippen molar-refractivity contribution in [3.63, 3.8) is 0 Å². The van der Waals surface area contributed by atoms with Crippen molar-refractivity contribution in [2.75, 3.05) is 6.61 Å². The molecule has 158 valence electrons. The van der Waals surface area contributed by atoms with Gasteiger partial charge in [0, 0.05) is 11.8 Å². The monoisotopic (exact) mass is 428 g/mol. The van der Waals surface area contributed by atoms with Gasteiger partial charge < -0.3 is 9.14 Å². The van der Waals surface area contributed by atoms with Gasteiger partial charge in [-0.25, -0.2) is 4.98 Å². The lowest BCUT2D eigenvalue weighted by Gasteiger charge is -2.20. The Kier molecular flexibility index (Phi) is 5.79. The number of esters is 1. The van der Waals surface area contributed by atoms with Crippen LogP contribution in [0, 0.1) is 0 Å². The first-order valence-corrected chi connectivity index (χ1v) is 14.2. The van der Waals surface area contributed by atoms with E-state index in [1.807, 2.05) is 66.1 Å². The molecule has 4 aromatic rings. The summed E-state index contributed by atoms with van der Waals surface area (Å²) < 4.78 is 7.56. The molecule has 2 aromatic carbocycles. The molecule has 0 aliphatic carbocycles. The second-order valence-electron chi connectivity index (χ2n) is 8.70. The minimum Gasteiger partial charge on any atom is -0.465 e. The largest absolute Gasteiger partial charge is 0.465 e. The number of aromatic nitrogens is 2. The van der Waals surface area contributed by atoms with Crippen molar-refractivity contribution in [2.24, 2.45) is 0 Å². The van der Waals surface area contributed by atoms with E-state index < -0.39 is 14.0 Å². The molecule has 5 heteroatoms. The van der Waals surface area contributed by atoms with E-state index in [4.69, 9.17) is 9.72 Å². The van der Waals surface area contributed by atoms with Crippen LogP contribution in [0.5, 0.6) is 0 Å². The molecule has 0 amide bonds. The molecule has 4 nitrogen and oxygen atoms in total. The fourth-order valence-corrected chi connectivity index (χ4v) is 5.07. The molecule has 0 radical (unpaired) electrons. The van der Waals surface area contributed by atoms with Gasteiger partial charge in [0.25, 0.3) is 0 Å². The second kappa shape index (κ2) is 8.51. The van der Waals surface area contributed by atoms with Crippen LogP contribution >= 0.6 is 0 Å². The van der Waals surface area contributed by atoms with E-state index in [1.54, 1.807) is 0 Å². The van der Waals surface area contributed by atoms with Gasteiger partial charge in [0.1, 0.15) is 11.6 Å². The molecule has 0 aliphatic heterocycles. The quantitative estimate of drug-likeness (QED) is 0.311. The van der Waals surface area contributed by atoms with Crippen LogP contribution in [-0.4, -0.2) is 30.0 Å². The Hall–Kier alpha value is -3.18. The summed E-state index contributed by atoms with van der Waals surface area (Å²) in [5.74, 6) is -0.825. The van der Waals surface area contributed by atoms with Crippen LogP contribution in [0.4, 0.5) is 0 Å². The van der Waals surface area contributed by atoms with Crippen molar-refractivity contribution in [3.8, 4) is 11.3 Å². The minimum atomic E-state index is -1.44. The summed E-state index contributed by atoms with van der Waals surface area (Å²) in [4.78, 5) is 18.2. The van der Waals surface area contributed by atoms with E-state index >= 15 is 0 Å². The number of fused-ring (bicyclic) bond motifs is 1. The number of imidazole rings is 1. The summed E-state index contributed by atoms with van der Waals surface area (Å²) in [6.07, 6.45) is 1.97. The van der Waals surface area contributed by atoms with Gasteiger partial charge >= 0.3 is 5.97 Å². The molecule has 0 spiro atoms. The average molecular weight is 429 g/mol. The van der Waals surface area contributed by atoms with Crippen LogP contribution in [0.25, 0.3) is 16.9 Å². The number of hydrogen-bond donors (Lipinski definition) is 0. The molecule has 4 rings (SSSR count). The third-order valence-corrected chi connectivity index (χ3v) is 7.59. The van der Waals surface area contributed by atoms with Gasteiger partial charge in [0.05, 0.1) is 26.1 Å². The molecule has 2 aromatic heterocycles. The Morgan fingerprint density at radius 1 is 0.968 bits per heavy atom. The highest BCUT2D eigenvalue weighted by Gasteiger charge is 2.31. The van der Waals surface area contributed by atoms with E-state index in [2.05, 4.69) is 43.9 Å². The highest BCUT2D eigenvalue weighted by molar-refractivity contribution is 6.88. The number of nitrogens with zero attached hydrogens (tertiary/aromatic N) is 2. The average Bonchev–Trinajstić information content (AvgIpc) is 3.14. The molecule has 0 N–H and O–H groups in total. The standard InChI is InChI=1S/C26H28N2O2Si/c1-5-30-26(29)23(19-14-16-21(17-15-19)31(2,3)4)25-24(20-11-7-6-8-12-20)27-22-13-9-10-18-28(22)25/h6-18,23H,5H2,1-4H3. The predicted octanol–water partition coefficient (Wildman–Crippen LogP) is 5.24. The number of rotatable bonds is 6. The molecule has 0 saturated heterocycles. The summed E-state index contributed by atoms with van der Waals surface area (Å²) in [5.41, 5.74) is 4.35. The fraction of sp³-hybridized carbons (Fsp3) is 0.231. The van der Waals surface area contributed by atoms with Gasteiger partial charge in [-0.15, -0.1) is 0 Å². The van der Waals surface area contributed by atoms with Crippen LogP contribution in [-0.2, 0) is 9.53 Å². The van der Waals surface area contributed by atoms with Crippen molar-refractivity contribution in [1.82, 2.24) is 9.38 Å². The van der Waals surface area contributed by atoms with Crippen molar-refractivity contribution in [3.05, 3.63) is 90.3 Å². The maximum Gasteiger partial charge on any atom is 0.319 e. The number of carbonyl (C=O) groups excluding carboxylic acids is 1. The summed E-state index contributed by atoms with van der Waals surface area (Å²) in [6, 6.07) is 24.4. The van der Waals surface area contributed by atoms with E-state index in [0.717, 1.165) is 28.2 Å². The third kappa shape index (κ3) is 4.19. The summed E-state index contributed by atoms with van der Waals surface area (Å²) in [5, 5.41) is 1.36. The Labute approximate surface area is 184 Å². The van der Waals surface area contributed by atoms with E-state index in [0.29, 0.717) is 6.61 Å². The predicted molar refractivity (Wildman–Crippen MR) is 129 cm³/mol. The Morgan fingerprint density at radius 3 is 2.29 bits per heavy atom. The molecule has 0 bridgehead atoms. The molecular formula is C26H28N2O2Si. The van der Waals surface area contributed by atoms with E-state index in [-0.39, 0.29) is 5.97 Å². The SMILES string of the molecule is CCOC(=O)C(c1ccc([Si](C)(C)C)cc1)c1c(-c2ccccc2)nc2ccccn12. The summed E-state index contributed by atoms with van der Waals surface area (Å²) in [6.45, 7) is 9.14. The fourth-order valence-electron chi connectivity index (χ4n) is 3.91. The highest BCUT2D eigenvalue weighted by Crippen LogP contribution is 2.35. The first-order chi connectivity index (χ1) is 14.9. The van der Waals surface area contributed by atoms with Gasteiger partial charge in [0.15, 0.2) is 0 Å². The van der Waals surface area contributed by atoms with Gasteiger partial charge in [-0.3, -0.25) is 4.79 Å². The molecule has 0 aliphatic rings. The van der Waals surface area contributed by atoms with Crippen LogP contribution in [0.3, 0.4) is 0 Å². The number of benzene rings is 2. The maximum absolute atomic E-state index is 13.3. The van der Waals surface area contributed by atoms with Gasteiger partial charge in [-0.2, -0.15) is 0 Å². The first kappa shape index (κ1) is 21.1. The van der Waals surface area contributed by atoms with Crippen molar-refractivity contribution < 1.29 is 9.53 Å². The van der Waals surface area contributed by atoms with Gasteiger partial charge in [-0.1, -0.05) is 85.5 Å². The second-order valence-corrected chi connectivity index (χ2v) is 13.8. The third-order valence-electron chi connectivity index (χ3n) is 5.52. The zero-order valence-electron chi connectivity index (χ0n) is 18.5. The molecule has 31 heavy (non-hydrogen) atoms. The zero-order valence-corrected chi connectivity index (χ0v) is 19.5. The molecular weight excluding hydrogens is 400 g/mol. The van der Waals surface area contributed by atoms with Crippen molar-refractivity contribution >= 4 is 24.9 Å². The van der Waals surface area contributed by atoms with E-state index in [9.17, 15) is 4.79 Å². The number of hydrogen-bond acceptors (Lipinski definition) is 3. The smallest absolute Gasteiger partial charge is 0.319 e. The highest BCUT2D eigenvalue weighted by atomic mass is 28.3. The molecule has 1 unspecified atom stereocenters. The normalized spacial score (nSPS) is 12.6. The van der Waals surface area contributed by atoms with Crippen LogP contribution in [0.2, 0.25) is 19.6 Å². The van der Waals surface area contributed by atoms with Crippen molar-refractivity contribution in [1.29, 1.82) is 0 Å². The zero-order chi connectivity index (χ0) is 22.0. The van der Waals surface area contributed by atoms with Crippen molar-refractivity contribution in [2.45, 2.75) is 32.5 Å². The Bertz CT molecular complexity index is 1190. The molecule has 0 saturated carbocycles. The molecule has 2 heterocycles. The summed E-state index contributed by atoms with van der Waals surface area (Å²) >= 11 is 0. The Balaban J connectivity index is 1.95. The molecule has 0 fully saturated rings. The number of ether oxygens (including phenoxy) is 1. The van der Waals surface area contributed by atoms with Crippen LogP contribution < -0.4 is 5.19 Å². The number of carbonyl (C=O) groups is 1. The lowest BCUT2D eigenvalue weighted by Crippen LogP contribution is -2.37. The first-order valence-electron chi connectivity index (χ1n) is 10.7. The lowest BCUT2D eigenvalue weighted by atomic mass is 9.92. The summed E-state index contributed by atoms with van der Waals surface area (Å²) in [7, 11) is -1.44.